The highest BCUT2D eigenvalue weighted by atomic mass is 32.2. The summed E-state index contributed by atoms with van der Waals surface area (Å²) < 4.78 is 35.3. The average molecular weight is 293 g/mol. The van der Waals surface area contributed by atoms with Gasteiger partial charge in [0, 0.05) is 6.20 Å². The monoisotopic (exact) mass is 293 g/mol. The molecule has 1 aromatic rings. The molecule has 0 bridgehead atoms. The Bertz CT molecular complexity index is 439. The molecule has 2 N–H and O–H groups in total. The second kappa shape index (κ2) is 6.98. The fraction of sp³-hybridized carbons (Fsp3) is 0.300. The lowest BCUT2D eigenvalue weighted by Crippen LogP contribution is -2.43. The second-order valence-electron chi connectivity index (χ2n) is 3.30. The number of nitrogens with zero attached hydrogens (tertiary/aromatic N) is 1. The predicted molar refractivity (Wildman–Crippen MR) is 62.6 cm³/mol. The maximum absolute atomic E-state index is 11.8. The highest BCUT2D eigenvalue weighted by Crippen LogP contribution is 2.13. The molecular formula is C10H10F3N3O2S. The summed E-state index contributed by atoms with van der Waals surface area (Å²) in [5.41, 5.74) is 0. The third kappa shape index (κ3) is 7.29. The first-order chi connectivity index (χ1) is 8.87. The van der Waals surface area contributed by atoms with Crippen LogP contribution in [-0.4, -0.2) is 35.4 Å². The molecule has 0 saturated heterocycles. The maximum atomic E-state index is 11.8. The van der Waals surface area contributed by atoms with Gasteiger partial charge in [0.2, 0.25) is 5.91 Å². The van der Waals surface area contributed by atoms with Crippen molar-refractivity contribution >= 4 is 23.7 Å². The smallest absolute Gasteiger partial charge is 0.329 e. The summed E-state index contributed by atoms with van der Waals surface area (Å²) in [5, 5.41) is 3.89. The molecule has 0 saturated carbocycles. The topological polar surface area (TPSA) is 71.1 Å². The van der Waals surface area contributed by atoms with Gasteiger partial charge in [-0.15, -0.1) is 0 Å². The standard InChI is InChI=1S/C10H10F3N3O2S/c11-10(12,13)6-15-9(18)16-7(17)5-19-8-3-1-2-4-14-8/h1-4H,5-6H2,(H2,15,16,17,18). The Morgan fingerprint density at radius 1 is 1.32 bits per heavy atom. The Kier molecular flexibility index (Phi) is 5.61. The van der Waals surface area contributed by atoms with Crippen molar-refractivity contribution in [3.8, 4) is 0 Å². The number of hydrogen-bond donors (Lipinski definition) is 2. The van der Waals surface area contributed by atoms with Crippen molar-refractivity contribution in [1.82, 2.24) is 15.6 Å². The molecule has 0 atom stereocenters. The van der Waals surface area contributed by atoms with E-state index >= 15 is 0 Å². The van der Waals surface area contributed by atoms with Crippen LogP contribution in [0.25, 0.3) is 0 Å². The van der Waals surface area contributed by atoms with Crippen molar-refractivity contribution in [2.75, 3.05) is 12.3 Å². The zero-order valence-electron chi connectivity index (χ0n) is 9.53. The van der Waals surface area contributed by atoms with Crippen LogP contribution >= 0.6 is 11.8 Å². The number of halogens is 3. The molecule has 1 rings (SSSR count). The fourth-order valence-corrected chi connectivity index (χ4v) is 1.62. The Balaban J connectivity index is 2.26. The normalized spacial score (nSPS) is 10.9. The lowest BCUT2D eigenvalue weighted by Gasteiger charge is -2.08. The molecule has 0 unspecified atom stereocenters. The number of thioether (sulfide) groups is 1. The number of carbonyl (C=O) groups is 2. The molecule has 1 aromatic heterocycles. The van der Waals surface area contributed by atoms with Gasteiger partial charge < -0.3 is 5.32 Å². The molecule has 104 valence electrons. The Morgan fingerprint density at radius 3 is 2.63 bits per heavy atom. The summed E-state index contributed by atoms with van der Waals surface area (Å²) in [4.78, 5) is 26.1. The van der Waals surface area contributed by atoms with Crippen LogP contribution in [0.4, 0.5) is 18.0 Å². The number of pyridine rings is 1. The first-order valence-corrected chi connectivity index (χ1v) is 6.03. The first kappa shape index (κ1) is 15.3. The number of alkyl halides is 3. The van der Waals surface area contributed by atoms with Gasteiger partial charge in [0.1, 0.15) is 6.54 Å². The van der Waals surface area contributed by atoms with Gasteiger partial charge in [-0.05, 0) is 12.1 Å². The number of aromatic nitrogens is 1. The molecule has 5 nitrogen and oxygen atoms in total. The van der Waals surface area contributed by atoms with E-state index in [0.29, 0.717) is 5.03 Å². The van der Waals surface area contributed by atoms with Crippen molar-refractivity contribution < 1.29 is 22.8 Å². The number of carbonyl (C=O) groups excluding carboxylic acids is 2. The second-order valence-corrected chi connectivity index (χ2v) is 4.30. The summed E-state index contributed by atoms with van der Waals surface area (Å²) in [5.74, 6) is -0.813. The van der Waals surface area contributed by atoms with Crippen molar-refractivity contribution in [3.63, 3.8) is 0 Å². The molecule has 3 amide bonds. The van der Waals surface area contributed by atoms with Crippen molar-refractivity contribution in [2.45, 2.75) is 11.2 Å². The van der Waals surface area contributed by atoms with Gasteiger partial charge >= 0.3 is 12.2 Å². The largest absolute Gasteiger partial charge is 0.405 e. The van der Waals surface area contributed by atoms with Gasteiger partial charge in [-0.2, -0.15) is 13.2 Å². The van der Waals surface area contributed by atoms with Gasteiger partial charge in [0.05, 0.1) is 10.8 Å². The van der Waals surface area contributed by atoms with Crippen LogP contribution in [0.3, 0.4) is 0 Å². The number of urea groups is 1. The molecule has 0 radical (unpaired) electrons. The highest BCUT2D eigenvalue weighted by molar-refractivity contribution is 7.99. The quantitative estimate of drug-likeness (QED) is 0.827. The van der Waals surface area contributed by atoms with E-state index in [0.717, 1.165) is 11.8 Å². The molecule has 9 heteroatoms. The first-order valence-electron chi connectivity index (χ1n) is 5.05. The number of rotatable bonds is 4. The van der Waals surface area contributed by atoms with Crippen LogP contribution < -0.4 is 10.6 Å². The molecule has 0 fully saturated rings. The van der Waals surface area contributed by atoms with E-state index in [9.17, 15) is 22.8 Å². The van der Waals surface area contributed by atoms with Crippen molar-refractivity contribution in [2.24, 2.45) is 0 Å². The Morgan fingerprint density at radius 2 is 2.05 bits per heavy atom. The zero-order chi connectivity index (χ0) is 14.3. The number of nitrogens with one attached hydrogen (secondary N) is 2. The van der Waals surface area contributed by atoms with Crippen molar-refractivity contribution in [3.05, 3.63) is 24.4 Å². The average Bonchev–Trinajstić information content (AvgIpc) is 2.34. The third-order valence-electron chi connectivity index (χ3n) is 1.69. The minimum absolute atomic E-state index is 0.115. The van der Waals surface area contributed by atoms with Gasteiger partial charge in [-0.25, -0.2) is 9.78 Å². The molecule has 19 heavy (non-hydrogen) atoms. The van der Waals surface area contributed by atoms with E-state index < -0.39 is 24.7 Å². The van der Waals surface area contributed by atoms with E-state index in [1.54, 1.807) is 23.5 Å². The van der Waals surface area contributed by atoms with Crippen LogP contribution in [0.5, 0.6) is 0 Å². The van der Waals surface area contributed by atoms with Crippen LogP contribution in [0.15, 0.2) is 29.4 Å². The molecular weight excluding hydrogens is 283 g/mol. The minimum atomic E-state index is -4.51. The fourth-order valence-electron chi connectivity index (χ4n) is 0.959. The SMILES string of the molecule is O=C(CSc1ccccn1)NC(=O)NCC(F)(F)F. The molecule has 0 spiro atoms. The maximum Gasteiger partial charge on any atom is 0.405 e. The predicted octanol–water partition coefficient (Wildman–Crippen LogP) is 1.56. The van der Waals surface area contributed by atoms with Crippen LogP contribution in [0.1, 0.15) is 0 Å². The van der Waals surface area contributed by atoms with Crippen LogP contribution in [-0.2, 0) is 4.79 Å². The number of hydrogen-bond acceptors (Lipinski definition) is 4. The summed E-state index contributed by atoms with van der Waals surface area (Å²) in [7, 11) is 0. The summed E-state index contributed by atoms with van der Waals surface area (Å²) in [6.07, 6.45) is -2.97. The van der Waals surface area contributed by atoms with Crippen molar-refractivity contribution in [1.29, 1.82) is 0 Å². The van der Waals surface area contributed by atoms with E-state index in [2.05, 4.69) is 4.98 Å². The van der Waals surface area contributed by atoms with Gasteiger partial charge in [-0.3, -0.25) is 10.1 Å². The highest BCUT2D eigenvalue weighted by Gasteiger charge is 2.27. The molecule has 1 heterocycles. The number of imide groups is 1. The van der Waals surface area contributed by atoms with E-state index in [-0.39, 0.29) is 5.75 Å². The molecule has 0 aliphatic rings. The lowest BCUT2D eigenvalue weighted by molar-refractivity contribution is -0.124. The molecule has 0 aliphatic heterocycles. The van der Waals surface area contributed by atoms with Gasteiger partial charge in [-0.1, -0.05) is 17.8 Å². The summed E-state index contributed by atoms with van der Waals surface area (Å²) in [6, 6.07) is 3.92. The van der Waals surface area contributed by atoms with E-state index in [1.807, 2.05) is 0 Å². The summed E-state index contributed by atoms with van der Waals surface area (Å²) >= 11 is 1.07. The van der Waals surface area contributed by atoms with Gasteiger partial charge in [0.25, 0.3) is 0 Å². The summed E-state index contributed by atoms with van der Waals surface area (Å²) in [6.45, 7) is -1.49. The van der Waals surface area contributed by atoms with Crippen LogP contribution in [0.2, 0.25) is 0 Å². The minimum Gasteiger partial charge on any atom is -0.329 e. The molecule has 0 aromatic carbocycles. The van der Waals surface area contributed by atoms with Gasteiger partial charge in [0.15, 0.2) is 0 Å². The molecule has 0 aliphatic carbocycles. The Labute approximate surface area is 111 Å². The number of amides is 3. The third-order valence-corrected chi connectivity index (χ3v) is 2.64. The zero-order valence-corrected chi connectivity index (χ0v) is 10.3. The lowest BCUT2D eigenvalue weighted by atomic mass is 10.5. The van der Waals surface area contributed by atoms with Crippen LogP contribution in [0, 0.1) is 0 Å². The van der Waals surface area contributed by atoms with E-state index in [4.69, 9.17) is 0 Å². The Hall–Kier alpha value is -1.77. The van der Waals surface area contributed by atoms with E-state index in [1.165, 1.54) is 11.5 Å².